The maximum absolute atomic E-state index is 14.6. The van der Waals surface area contributed by atoms with Gasteiger partial charge < -0.3 is 43.6 Å². The fourth-order valence-electron chi connectivity index (χ4n) is 8.83. The molecule has 3 saturated heterocycles. The van der Waals surface area contributed by atoms with Crippen molar-refractivity contribution in [2.75, 3.05) is 101 Å². The third kappa shape index (κ3) is 14.2. The van der Waals surface area contributed by atoms with Crippen LogP contribution in [0.15, 0.2) is 0 Å². The first kappa shape index (κ1) is 49.1. The van der Waals surface area contributed by atoms with E-state index >= 15 is 0 Å². The van der Waals surface area contributed by atoms with Crippen LogP contribution in [0.3, 0.4) is 0 Å². The summed E-state index contributed by atoms with van der Waals surface area (Å²) in [4.78, 5) is 93.7. The molecule has 0 spiro atoms. The van der Waals surface area contributed by atoms with Crippen LogP contribution in [0.25, 0.3) is 0 Å². The highest BCUT2D eigenvalue weighted by atomic mass is 16.5. The Labute approximate surface area is 348 Å². The standard InChI is InChI=1S/C43H76N6O9/c1-32(47-18-12-15-35(47)50)27-42(4,39(54)57-25-22-45(8)9)30-34(49-20-14-17-37(49)52)31-43(5,40(55)58-26-23-46(10)11)29-33(48-19-13-16-36(48)51)28-41(2,3)38(53)56-24-21-44(6)7/h32-34H,12-31H2,1-11H3. The first-order valence-corrected chi connectivity index (χ1v) is 21.4. The summed E-state index contributed by atoms with van der Waals surface area (Å²) in [5.74, 6) is -1.27. The Hall–Kier alpha value is -3.30. The van der Waals surface area contributed by atoms with E-state index in [4.69, 9.17) is 14.2 Å². The molecule has 3 fully saturated rings. The fourth-order valence-corrected chi connectivity index (χ4v) is 8.83. The highest BCUT2D eigenvalue weighted by Gasteiger charge is 2.49. The minimum Gasteiger partial charge on any atom is -0.464 e. The summed E-state index contributed by atoms with van der Waals surface area (Å²) >= 11 is 0. The van der Waals surface area contributed by atoms with E-state index < -0.39 is 40.3 Å². The van der Waals surface area contributed by atoms with E-state index in [9.17, 15) is 28.8 Å². The van der Waals surface area contributed by atoms with Crippen LogP contribution in [0.4, 0.5) is 0 Å². The topological polar surface area (TPSA) is 150 Å². The van der Waals surface area contributed by atoms with Crippen molar-refractivity contribution in [1.29, 1.82) is 0 Å². The second kappa shape index (κ2) is 21.8. The van der Waals surface area contributed by atoms with Gasteiger partial charge in [0.25, 0.3) is 0 Å². The smallest absolute Gasteiger partial charge is 0.311 e. The van der Waals surface area contributed by atoms with Crippen LogP contribution in [-0.4, -0.2) is 185 Å². The molecule has 3 aliphatic rings. The Morgan fingerprint density at radius 1 is 0.534 bits per heavy atom. The van der Waals surface area contributed by atoms with E-state index in [0.717, 1.165) is 6.42 Å². The number of nitrogens with zero attached hydrogens (tertiary/aromatic N) is 6. The van der Waals surface area contributed by atoms with Crippen LogP contribution in [-0.2, 0) is 43.0 Å². The van der Waals surface area contributed by atoms with Crippen molar-refractivity contribution in [3.05, 3.63) is 0 Å². The number of hydrogen-bond acceptors (Lipinski definition) is 12. The molecular formula is C43H76N6O9. The predicted molar refractivity (Wildman–Crippen MR) is 221 cm³/mol. The van der Waals surface area contributed by atoms with Gasteiger partial charge in [-0.1, -0.05) is 0 Å². The number of esters is 3. The largest absolute Gasteiger partial charge is 0.464 e. The molecule has 0 bridgehead atoms. The molecule has 0 aromatic rings. The fraction of sp³-hybridized carbons (Fsp3) is 0.860. The van der Waals surface area contributed by atoms with Crippen molar-refractivity contribution in [3.63, 3.8) is 0 Å². The van der Waals surface area contributed by atoms with Crippen molar-refractivity contribution in [2.24, 2.45) is 16.2 Å². The summed E-state index contributed by atoms with van der Waals surface area (Å²) in [5, 5.41) is 0. The van der Waals surface area contributed by atoms with Gasteiger partial charge >= 0.3 is 17.9 Å². The first-order chi connectivity index (χ1) is 27.1. The average Bonchev–Trinajstić information content (AvgIpc) is 3.87. The molecule has 15 heteroatoms. The summed E-state index contributed by atoms with van der Waals surface area (Å²) in [6, 6.07) is -1.35. The van der Waals surface area contributed by atoms with Gasteiger partial charge in [-0.3, -0.25) is 28.8 Å². The lowest BCUT2D eigenvalue weighted by atomic mass is 9.70. The van der Waals surface area contributed by atoms with Crippen LogP contribution in [0.5, 0.6) is 0 Å². The minimum absolute atomic E-state index is 0.0325. The Bertz CT molecular complexity index is 1420. The lowest BCUT2D eigenvalue weighted by Gasteiger charge is -2.43. The second-order valence-corrected chi connectivity index (χ2v) is 19.1. The van der Waals surface area contributed by atoms with E-state index in [1.807, 2.05) is 101 Å². The summed E-state index contributed by atoms with van der Waals surface area (Å²) in [5.41, 5.74) is -3.36. The molecule has 15 nitrogen and oxygen atoms in total. The van der Waals surface area contributed by atoms with Crippen molar-refractivity contribution in [2.45, 2.75) is 123 Å². The monoisotopic (exact) mass is 821 g/mol. The number of amides is 3. The lowest BCUT2D eigenvalue weighted by molar-refractivity contribution is -0.163. The van der Waals surface area contributed by atoms with Crippen molar-refractivity contribution in [3.8, 4) is 0 Å². The Kier molecular flexibility index (Phi) is 18.4. The zero-order valence-corrected chi connectivity index (χ0v) is 37.7. The summed E-state index contributed by atoms with van der Waals surface area (Å²) in [6.45, 7) is 13.0. The molecule has 0 aliphatic carbocycles. The molecule has 0 saturated carbocycles. The van der Waals surface area contributed by atoms with E-state index in [1.54, 1.807) is 4.90 Å². The Morgan fingerprint density at radius 2 is 0.862 bits per heavy atom. The molecule has 3 amide bonds. The highest BCUT2D eigenvalue weighted by molar-refractivity contribution is 5.82. The van der Waals surface area contributed by atoms with E-state index in [-0.39, 0.29) is 75.2 Å². The second-order valence-electron chi connectivity index (χ2n) is 19.1. The van der Waals surface area contributed by atoms with E-state index in [2.05, 4.69) is 0 Å². The molecule has 3 aliphatic heterocycles. The molecule has 58 heavy (non-hydrogen) atoms. The maximum Gasteiger partial charge on any atom is 0.311 e. The number of likely N-dealkylation sites (tertiary alicyclic amines) is 3. The summed E-state index contributed by atoms with van der Waals surface area (Å²) in [6.07, 6.45) is 4.39. The number of carbonyl (C=O) groups is 6. The van der Waals surface area contributed by atoms with E-state index in [0.29, 0.717) is 77.8 Å². The first-order valence-electron chi connectivity index (χ1n) is 21.4. The summed E-state index contributed by atoms with van der Waals surface area (Å²) < 4.78 is 17.7. The SMILES string of the molecule is CC(CC(C)(CC(CC(C)(CC(CC(C)(C)C(=O)OCCN(C)C)N1CCCC1=O)C(=O)OCCN(C)C)N1CCCC1=O)C(=O)OCCN(C)C)N1CCCC1=O. The van der Waals surface area contributed by atoms with Crippen LogP contribution in [0.1, 0.15) is 105 Å². The number of ether oxygens (including phenoxy) is 3. The van der Waals surface area contributed by atoms with Crippen LogP contribution in [0, 0.1) is 16.2 Å². The van der Waals surface area contributed by atoms with Crippen LogP contribution in [0.2, 0.25) is 0 Å². The normalized spacial score (nSPS) is 20.2. The zero-order chi connectivity index (χ0) is 43.4. The number of carbonyl (C=O) groups excluding carboxylic acids is 6. The molecule has 0 radical (unpaired) electrons. The number of likely N-dealkylation sites (N-methyl/N-ethyl adjacent to an activating group) is 3. The summed E-state index contributed by atoms with van der Waals surface area (Å²) in [7, 11) is 11.4. The van der Waals surface area contributed by atoms with Crippen molar-refractivity contribution >= 4 is 35.6 Å². The third-order valence-electron chi connectivity index (χ3n) is 12.1. The highest BCUT2D eigenvalue weighted by Crippen LogP contribution is 2.43. The van der Waals surface area contributed by atoms with Crippen LogP contribution >= 0.6 is 0 Å². The molecule has 5 unspecified atom stereocenters. The minimum atomic E-state index is -1.25. The maximum atomic E-state index is 14.6. The number of hydrogen-bond donors (Lipinski definition) is 0. The van der Waals surface area contributed by atoms with Gasteiger partial charge in [0.05, 0.1) is 16.2 Å². The van der Waals surface area contributed by atoms with Gasteiger partial charge in [-0.05, 0) is 128 Å². The Balaban J connectivity index is 2.08. The molecule has 3 heterocycles. The molecule has 0 aromatic heterocycles. The Morgan fingerprint density at radius 3 is 1.21 bits per heavy atom. The molecule has 332 valence electrons. The molecule has 3 rings (SSSR count). The van der Waals surface area contributed by atoms with Crippen LogP contribution < -0.4 is 0 Å². The van der Waals surface area contributed by atoms with Gasteiger partial charge in [-0.15, -0.1) is 0 Å². The quantitative estimate of drug-likeness (QED) is 0.0984. The van der Waals surface area contributed by atoms with Gasteiger partial charge in [-0.25, -0.2) is 0 Å². The number of rotatable bonds is 25. The molecule has 0 aromatic carbocycles. The molecule has 0 N–H and O–H groups in total. The molecular weight excluding hydrogens is 745 g/mol. The van der Waals surface area contributed by atoms with E-state index in [1.165, 1.54) is 0 Å². The van der Waals surface area contributed by atoms with Gasteiger partial charge in [0.2, 0.25) is 17.7 Å². The van der Waals surface area contributed by atoms with Gasteiger partial charge in [0.1, 0.15) is 19.8 Å². The lowest BCUT2D eigenvalue weighted by Crippen LogP contribution is -2.51. The van der Waals surface area contributed by atoms with Gasteiger partial charge in [0.15, 0.2) is 0 Å². The van der Waals surface area contributed by atoms with Gasteiger partial charge in [0, 0.05) is 76.7 Å². The van der Waals surface area contributed by atoms with Gasteiger partial charge in [-0.2, -0.15) is 0 Å². The predicted octanol–water partition coefficient (Wildman–Crippen LogP) is 3.28. The average molecular weight is 821 g/mol. The third-order valence-corrected chi connectivity index (χ3v) is 12.1. The van der Waals surface area contributed by atoms with Crippen molar-refractivity contribution < 1.29 is 43.0 Å². The van der Waals surface area contributed by atoms with Crippen molar-refractivity contribution in [1.82, 2.24) is 29.4 Å². The zero-order valence-electron chi connectivity index (χ0n) is 37.7. The molecule has 5 atom stereocenters.